The fourth-order valence-corrected chi connectivity index (χ4v) is 2.75. The maximum Gasteiger partial charge on any atom is 0.350 e. The SMILES string of the molecule is CCOC(=O)c1sc(NC(=O)COc2ccc(F)c(Cl)c2)nc1C. The average molecular weight is 373 g/mol. The number of esters is 1. The third-order valence-electron chi connectivity index (χ3n) is 2.76. The van der Waals surface area contributed by atoms with E-state index in [1.807, 2.05) is 0 Å². The monoisotopic (exact) mass is 372 g/mol. The van der Waals surface area contributed by atoms with Crippen LogP contribution in [0.1, 0.15) is 22.3 Å². The Morgan fingerprint density at radius 3 is 2.83 bits per heavy atom. The number of hydrogen-bond acceptors (Lipinski definition) is 6. The summed E-state index contributed by atoms with van der Waals surface area (Å²) in [7, 11) is 0. The number of hydrogen-bond donors (Lipinski definition) is 1. The van der Waals surface area contributed by atoms with Gasteiger partial charge in [-0.05, 0) is 26.0 Å². The highest BCUT2D eigenvalue weighted by atomic mass is 35.5. The number of nitrogens with zero attached hydrogens (tertiary/aromatic N) is 1. The molecule has 6 nitrogen and oxygen atoms in total. The number of anilines is 1. The lowest BCUT2D eigenvalue weighted by atomic mass is 10.3. The molecule has 0 saturated heterocycles. The zero-order valence-corrected chi connectivity index (χ0v) is 14.5. The number of halogens is 2. The number of carbonyl (C=O) groups excluding carboxylic acids is 2. The molecule has 0 unspecified atom stereocenters. The van der Waals surface area contributed by atoms with Gasteiger partial charge in [-0.25, -0.2) is 14.2 Å². The van der Waals surface area contributed by atoms with E-state index in [-0.39, 0.29) is 29.1 Å². The molecule has 1 aromatic carbocycles. The van der Waals surface area contributed by atoms with Crippen molar-refractivity contribution in [3.05, 3.63) is 39.6 Å². The second-order valence-corrected chi connectivity index (χ2v) is 5.97. The molecule has 2 aromatic rings. The Labute approximate surface area is 146 Å². The summed E-state index contributed by atoms with van der Waals surface area (Å²) in [4.78, 5) is 28.0. The van der Waals surface area contributed by atoms with Gasteiger partial charge in [0.25, 0.3) is 5.91 Å². The second-order valence-electron chi connectivity index (χ2n) is 4.57. The lowest BCUT2D eigenvalue weighted by Crippen LogP contribution is -2.20. The summed E-state index contributed by atoms with van der Waals surface area (Å²) < 4.78 is 23.2. The molecule has 0 aliphatic heterocycles. The summed E-state index contributed by atoms with van der Waals surface area (Å²) >= 11 is 6.64. The van der Waals surface area contributed by atoms with Gasteiger partial charge in [0.1, 0.15) is 16.4 Å². The number of aryl methyl sites for hydroxylation is 1. The van der Waals surface area contributed by atoms with Gasteiger partial charge in [0.15, 0.2) is 11.7 Å². The molecule has 0 aliphatic carbocycles. The molecule has 0 fully saturated rings. The van der Waals surface area contributed by atoms with Crippen LogP contribution < -0.4 is 10.1 Å². The number of carbonyl (C=O) groups is 2. The lowest BCUT2D eigenvalue weighted by molar-refractivity contribution is -0.118. The van der Waals surface area contributed by atoms with Crippen molar-refractivity contribution < 1.29 is 23.5 Å². The van der Waals surface area contributed by atoms with Crippen LogP contribution in [0.5, 0.6) is 5.75 Å². The van der Waals surface area contributed by atoms with Gasteiger partial charge < -0.3 is 9.47 Å². The molecule has 0 radical (unpaired) electrons. The van der Waals surface area contributed by atoms with Crippen molar-refractivity contribution in [3.8, 4) is 5.75 Å². The van der Waals surface area contributed by atoms with E-state index < -0.39 is 17.7 Å². The van der Waals surface area contributed by atoms with Crippen LogP contribution in [0, 0.1) is 12.7 Å². The van der Waals surface area contributed by atoms with E-state index in [0.717, 1.165) is 17.4 Å². The summed E-state index contributed by atoms with van der Waals surface area (Å²) in [5.41, 5.74) is 0.472. The van der Waals surface area contributed by atoms with Crippen LogP contribution in [-0.4, -0.2) is 30.1 Å². The molecule has 1 amide bonds. The van der Waals surface area contributed by atoms with E-state index in [4.69, 9.17) is 21.1 Å². The number of rotatable bonds is 6. The smallest absolute Gasteiger partial charge is 0.350 e. The summed E-state index contributed by atoms with van der Waals surface area (Å²) in [5.74, 6) is -1.26. The summed E-state index contributed by atoms with van der Waals surface area (Å²) in [6, 6.07) is 3.78. The highest BCUT2D eigenvalue weighted by Gasteiger charge is 2.17. The summed E-state index contributed by atoms with van der Waals surface area (Å²) in [6.07, 6.45) is 0. The maximum atomic E-state index is 13.0. The molecule has 0 atom stereocenters. The zero-order chi connectivity index (χ0) is 17.7. The lowest BCUT2D eigenvalue weighted by Gasteiger charge is -2.06. The molecule has 0 saturated carbocycles. The van der Waals surface area contributed by atoms with Gasteiger partial charge in [0, 0.05) is 6.07 Å². The quantitative estimate of drug-likeness (QED) is 0.786. The third-order valence-corrected chi connectivity index (χ3v) is 4.11. The molecule has 0 aliphatic rings. The molecular weight excluding hydrogens is 359 g/mol. The number of ether oxygens (including phenoxy) is 2. The molecule has 0 bridgehead atoms. The van der Waals surface area contributed by atoms with E-state index in [2.05, 4.69) is 10.3 Å². The minimum atomic E-state index is -0.571. The van der Waals surface area contributed by atoms with E-state index in [1.165, 1.54) is 12.1 Å². The van der Waals surface area contributed by atoms with Gasteiger partial charge in [0.2, 0.25) is 0 Å². The Hall–Kier alpha value is -2.19. The molecule has 1 heterocycles. The van der Waals surface area contributed by atoms with Gasteiger partial charge in [-0.3, -0.25) is 10.1 Å². The third kappa shape index (κ3) is 4.65. The fourth-order valence-electron chi connectivity index (χ4n) is 1.71. The van der Waals surface area contributed by atoms with Gasteiger partial charge >= 0.3 is 5.97 Å². The van der Waals surface area contributed by atoms with Crippen molar-refractivity contribution >= 4 is 39.9 Å². The molecule has 24 heavy (non-hydrogen) atoms. The van der Waals surface area contributed by atoms with E-state index in [9.17, 15) is 14.0 Å². The van der Waals surface area contributed by atoms with Crippen molar-refractivity contribution in [2.45, 2.75) is 13.8 Å². The molecular formula is C15H14ClFN2O4S. The number of thiazole rings is 1. The van der Waals surface area contributed by atoms with Crippen molar-refractivity contribution in [2.24, 2.45) is 0 Å². The Bertz CT molecular complexity index is 766. The Morgan fingerprint density at radius 2 is 2.17 bits per heavy atom. The first-order chi connectivity index (χ1) is 11.4. The highest BCUT2D eigenvalue weighted by Crippen LogP contribution is 2.24. The van der Waals surface area contributed by atoms with Crippen LogP contribution >= 0.6 is 22.9 Å². The Balaban J connectivity index is 1.93. The largest absolute Gasteiger partial charge is 0.484 e. The van der Waals surface area contributed by atoms with Gasteiger partial charge in [-0.2, -0.15) is 0 Å². The highest BCUT2D eigenvalue weighted by molar-refractivity contribution is 7.17. The van der Waals surface area contributed by atoms with Crippen LogP contribution in [0.4, 0.5) is 9.52 Å². The summed E-state index contributed by atoms with van der Waals surface area (Å²) in [6.45, 7) is 3.30. The fraction of sp³-hybridized carbons (Fsp3) is 0.267. The van der Waals surface area contributed by atoms with Crippen molar-refractivity contribution in [3.63, 3.8) is 0 Å². The van der Waals surface area contributed by atoms with Crippen LogP contribution in [-0.2, 0) is 9.53 Å². The topological polar surface area (TPSA) is 77.5 Å². The minimum absolute atomic E-state index is 0.0949. The number of nitrogens with one attached hydrogen (secondary N) is 1. The molecule has 1 N–H and O–H groups in total. The van der Waals surface area contributed by atoms with Crippen LogP contribution in [0.25, 0.3) is 0 Å². The molecule has 128 valence electrons. The van der Waals surface area contributed by atoms with E-state index >= 15 is 0 Å². The predicted octanol–water partition coefficient (Wildman–Crippen LogP) is 3.44. The first-order valence-corrected chi connectivity index (χ1v) is 8.12. The van der Waals surface area contributed by atoms with E-state index in [0.29, 0.717) is 10.6 Å². The van der Waals surface area contributed by atoms with Gasteiger partial charge in [-0.15, -0.1) is 0 Å². The minimum Gasteiger partial charge on any atom is -0.484 e. The van der Waals surface area contributed by atoms with Crippen LogP contribution in [0.15, 0.2) is 18.2 Å². The standard InChI is InChI=1S/C15H14ClFN2O4S/c1-3-22-14(21)13-8(2)18-15(24-13)19-12(20)7-23-9-4-5-11(17)10(16)6-9/h4-6H,3,7H2,1-2H3,(H,18,19,20). The van der Waals surface area contributed by atoms with Crippen molar-refractivity contribution in [2.75, 3.05) is 18.5 Å². The van der Waals surface area contributed by atoms with E-state index in [1.54, 1.807) is 13.8 Å². The number of benzene rings is 1. The predicted molar refractivity (Wildman–Crippen MR) is 88.3 cm³/mol. The van der Waals surface area contributed by atoms with Gasteiger partial charge in [0.05, 0.1) is 17.3 Å². The molecule has 0 spiro atoms. The summed E-state index contributed by atoms with van der Waals surface area (Å²) in [5, 5.41) is 2.70. The first kappa shape index (κ1) is 18.2. The second kappa shape index (κ2) is 8.07. The molecule has 1 aromatic heterocycles. The maximum absolute atomic E-state index is 13.0. The Morgan fingerprint density at radius 1 is 1.42 bits per heavy atom. The van der Waals surface area contributed by atoms with Crippen LogP contribution in [0.3, 0.4) is 0 Å². The number of aromatic nitrogens is 1. The average Bonchev–Trinajstić information content (AvgIpc) is 2.89. The Kier molecular flexibility index (Phi) is 6.10. The van der Waals surface area contributed by atoms with Crippen molar-refractivity contribution in [1.29, 1.82) is 0 Å². The van der Waals surface area contributed by atoms with Crippen molar-refractivity contribution in [1.82, 2.24) is 4.98 Å². The van der Waals surface area contributed by atoms with Gasteiger partial charge in [-0.1, -0.05) is 22.9 Å². The molecule has 9 heteroatoms. The first-order valence-electron chi connectivity index (χ1n) is 6.93. The number of amides is 1. The normalized spacial score (nSPS) is 10.3. The zero-order valence-electron chi connectivity index (χ0n) is 12.9. The van der Waals surface area contributed by atoms with Crippen LogP contribution in [0.2, 0.25) is 5.02 Å². The molecule has 2 rings (SSSR count).